The Hall–Kier alpha value is -3.43. The fraction of sp³-hybridized carbons (Fsp3) is 0.300. The number of aryl methyl sites for hydroxylation is 1. The van der Waals surface area contributed by atoms with Crippen LogP contribution >= 0.6 is 0 Å². The molecule has 0 radical (unpaired) electrons. The molecule has 2 aromatic heterocycles. The maximum atomic E-state index is 13.1. The minimum atomic E-state index is -4.43. The van der Waals surface area contributed by atoms with Crippen molar-refractivity contribution < 1.29 is 27.6 Å². The summed E-state index contributed by atoms with van der Waals surface area (Å²) in [6.45, 7) is 3.92. The number of halogens is 3. The molecule has 1 aliphatic heterocycles. The Morgan fingerprint density at radius 1 is 1.17 bits per heavy atom. The zero-order valence-corrected chi connectivity index (χ0v) is 16.1. The molecule has 4 rings (SSSR count). The molecule has 0 saturated carbocycles. The van der Waals surface area contributed by atoms with Gasteiger partial charge in [-0.3, -0.25) is 0 Å². The molecule has 1 aromatic carbocycles. The number of nitrogens with zero attached hydrogens (tertiary/aromatic N) is 4. The first-order valence-electron chi connectivity index (χ1n) is 9.13. The standard InChI is InChI=1S/C20H17F3N4O3/c1-10-7-15(26-30-10)17-24-16(19(28)29)11(2)18(25-17)27-6-5-12-3-4-14(20(21,22)23)8-13(12)9-27/h3-4,7-8H,5-6,9H2,1-2H3,(H,28,29). The van der Waals surface area contributed by atoms with Gasteiger partial charge in [-0.1, -0.05) is 11.2 Å². The minimum absolute atomic E-state index is 0.0830. The molecule has 1 aliphatic rings. The van der Waals surface area contributed by atoms with E-state index < -0.39 is 17.7 Å². The van der Waals surface area contributed by atoms with Crippen LogP contribution in [0, 0.1) is 13.8 Å². The Kier molecular flexibility index (Phi) is 4.71. The molecule has 0 amide bonds. The molecule has 0 fully saturated rings. The Labute approximate surface area is 169 Å². The topological polar surface area (TPSA) is 92.3 Å². The molecule has 0 bridgehead atoms. The van der Waals surface area contributed by atoms with Gasteiger partial charge in [-0.2, -0.15) is 13.2 Å². The zero-order valence-electron chi connectivity index (χ0n) is 16.1. The molecule has 3 heterocycles. The van der Waals surface area contributed by atoms with Crippen molar-refractivity contribution in [1.82, 2.24) is 15.1 Å². The van der Waals surface area contributed by atoms with Crippen LogP contribution in [-0.4, -0.2) is 32.7 Å². The van der Waals surface area contributed by atoms with E-state index in [1.165, 1.54) is 6.07 Å². The molecule has 0 aliphatic carbocycles. The van der Waals surface area contributed by atoms with E-state index in [0.717, 1.165) is 17.7 Å². The number of carboxylic acid groups (broad SMARTS) is 1. The van der Waals surface area contributed by atoms with Gasteiger partial charge in [-0.15, -0.1) is 0 Å². The Balaban J connectivity index is 1.77. The number of alkyl halides is 3. The fourth-order valence-corrected chi connectivity index (χ4v) is 3.52. The van der Waals surface area contributed by atoms with Gasteiger partial charge in [-0.05, 0) is 43.5 Å². The summed E-state index contributed by atoms with van der Waals surface area (Å²) >= 11 is 0. The van der Waals surface area contributed by atoms with Crippen molar-refractivity contribution in [3.63, 3.8) is 0 Å². The number of hydrogen-bond acceptors (Lipinski definition) is 6. The van der Waals surface area contributed by atoms with Gasteiger partial charge in [0, 0.05) is 24.7 Å². The van der Waals surface area contributed by atoms with Crippen molar-refractivity contribution in [2.45, 2.75) is 33.0 Å². The van der Waals surface area contributed by atoms with E-state index in [9.17, 15) is 23.1 Å². The van der Waals surface area contributed by atoms with Gasteiger partial charge in [0.2, 0.25) is 0 Å². The lowest BCUT2D eigenvalue weighted by molar-refractivity contribution is -0.137. The number of aromatic nitrogens is 3. The quantitative estimate of drug-likeness (QED) is 0.687. The third-order valence-electron chi connectivity index (χ3n) is 5.03. The highest BCUT2D eigenvalue weighted by Gasteiger charge is 2.32. The lowest BCUT2D eigenvalue weighted by Crippen LogP contribution is -2.32. The highest BCUT2D eigenvalue weighted by Crippen LogP contribution is 2.34. The van der Waals surface area contributed by atoms with Crippen molar-refractivity contribution in [2.75, 3.05) is 11.4 Å². The van der Waals surface area contributed by atoms with Crippen molar-refractivity contribution >= 4 is 11.8 Å². The SMILES string of the molecule is Cc1cc(-c2nc(C(=O)O)c(C)c(N3CCc4ccc(C(F)(F)F)cc4C3)n2)no1. The number of benzene rings is 1. The van der Waals surface area contributed by atoms with E-state index in [2.05, 4.69) is 15.1 Å². The Morgan fingerprint density at radius 2 is 1.93 bits per heavy atom. The summed E-state index contributed by atoms with van der Waals surface area (Å²) in [5, 5.41) is 13.4. The van der Waals surface area contributed by atoms with Gasteiger partial charge in [-0.25, -0.2) is 14.8 Å². The maximum Gasteiger partial charge on any atom is 0.416 e. The molecule has 0 saturated heterocycles. The molecule has 156 valence electrons. The molecule has 0 unspecified atom stereocenters. The fourth-order valence-electron chi connectivity index (χ4n) is 3.52. The Bertz CT molecular complexity index is 1140. The average molecular weight is 418 g/mol. The number of carbonyl (C=O) groups is 1. The van der Waals surface area contributed by atoms with E-state index in [1.807, 2.05) is 0 Å². The van der Waals surface area contributed by atoms with E-state index in [4.69, 9.17) is 4.52 Å². The van der Waals surface area contributed by atoms with Crippen LogP contribution in [0.2, 0.25) is 0 Å². The predicted octanol–water partition coefficient (Wildman–Crippen LogP) is 4.03. The second-order valence-corrected chi connectivity index (χ2v) is 7.13. The third kappa shape index (κ3) is 3.60. The zero-order chi connectivity index (χ0) is 21.6. The molecular formula is C20H17F3N4O3. The van der Waals surface area contributed by atoms with Crippen molar-refractivity contribution in [3.05, 3.63) is 58.0 Å². The number of aromatic carboxylic acids is 1. The molecule has 7 nitrogen and oxygen atoms in total. The van der Waals surface area contributed by atoms with E-state index in [-0.39, 0.29) is 23.8 Å². The summed E-state index contributed by atoms with van der Waals surface area (Å²) in [6, 6.07) is 5.30. The van der Waals surface area contributed by atoms with Crippen molar-refractivity contribution in [3.8, 4) is 11.5 Å². The van der Waals surface area contributed by atoms with Crippen molar-refractivity contribution in [1.29, 1.82) is 0 Å². The van der Waals surface area contributed by atoms with Crippen LogP contribution in [-0.2, 0) is 19.1 Å². The normalized spacial score (nSPS) is 14.0. The van der Waals surface area contributed by atoms with Crippen LogP contribution in [0.25, 0.3) is 11.5 Å². The Morgan fingerprint density at radius 3 is 2.57 bits per heavy atom. The highest BCUT2D eigenvalue weighted by atomic mass is 19.4. The number of rotatable bonds is 3. The van der Waals surface area contributed by atoms with Crippen LogP contribution in [0.3, 0.4) is 0 Å². The number of fused-ring (bicyclic) bond motifs is 1. The van der Waals surface area contributed by atoms with Gasteiger partial charge < -0.3 is 14.5 Å². The van der Waals surface area contributed by atoms with E-state index >= 15 is 0 Å². The van der Waals surface area contributed by atoms with Gasteiger partial charge in [0.1, 0.15) is 11.6 Å². The summed E-state index contributed by atoms with van der Waals surface area (Å²) in [7, 11) is 0. The second-order valence-electron chi connectivity index (χ2n) is 7.13. The summed E-state index contributed by atoms with van der Waals surface area (Å²) < 4.78 is 44.4. The summed E-state index contributed by atoms with van der Waals surface area (Å²) in [6.07, 6.45) is -3.92. The molecule has 30 heavy (non-hydrogen) atoms. The lowest BCUT2D eigenvalue weighted by Gasteiger charge is -2.31. The first-order chi connectivity index (χ1) is 14.1. The van der Waals surface area contributed by atoms with Crippen LogP contribution < -0.4 is 4.90 Å². The monoisotopic (exact) mass is 418 g/mol. The predicted molar refractivity (Wildman–Crippen MR) is 100 cm³/mol. The van der Waals surface area contributed by atoms with Crippen LogP contribution in [0.4, 0.5) is 19.0 Å². The molecule has 1 N–H and O–H groups in total. The van der Waals surface area contributed by atoms with E-state index in [1.54, 1.807) is 24.8 Å². The maximum absolute atomic E-state index is 13.1. The molecule has 0 spiro atoms. The molecule has 3 aromatic rings. The number of anilines is 1. The molecule has 0 atom stereocenters. The summed E-state index contributed by atoms with van der Waals surface area (Å²) in [5.41, 5.74) is 1.08. The highest BCUT2D eigenvalue weighted by molar-refractivity contribution is 5.89. The molecular weight excluding hydrogens is 401 g/mol. The van der Waals surface area contributed by atoms with Gasteiger partial charge in [0.05, 0.1) is 5.56 Å². The molecule has 10 heteroatoms. The average Bonchev–Trinajstić information content (AvgIpc) is 3.12. The number of carboxylic acids is 1. The summed E-state index contributed by atoms with van der Waals surface area (Å²) in [5.74, 6) is -0.283. The third-order valence-corrected chi connectivity index (χ3v) is 5.03. The first kappa shape index (κ1) is 19.9. The van der Waals surface area contributed by atoms with Crippen LogP contribution in [0.15, 0.2) is 28.8 Å². The smallest absolute Gasteiger partial charge is 0.416 e. The van der Waals surface area contributed by atoms with Gasteiger partial charge in [0.25, 0.3) is 0 Å². The van der Waals surface area contributed by atoms with Gasteiger partial charge >= 0.3 is 12.1 Å². The second kappa shape index (κ2) is 7.12. The van der Waals surface area contributed by atoms with Gasteiger partial charge in [0.15, 0.2) is 17.2 Å². The van der Waals surface area contributed by atoms with Crippen LogP contribution in [0.5, 0.6) is 0 Å². The van der Waals surface area contributed by atoms with Crippen LogP contribution in [0.1, 0.15) is 38.5 Å². The number of hydrogen-bond donors (Lipinski definition) is 1. The van der Waals surface area contributed by atoms with Crippen molar-refractivity contribution in [2.24, 2.45) is 0 Å². The first-order valence-corrected chi connectivity index (χ1v) is 9.13. The van der Waals surface area contributed by atoms with E-state index in [0.29, 0.717) is 35.7 Å². The summed E-state index contributed by atoms with van der Waals surface area (Å²) in [4.78, 5) is 22.1. The lowest BCUT2D eigenvalue weighted by atomic mass is 9.97. The largest absolute Gasteiger partial charge is 0.476 e. The minimum Gasteiger partial charge on any atom is -0.476 e.